The second kappa shape index (κ2) is 9.22. The number of ether oxygens (including phenoxy) is 2. The molecule has 6 nitrogen and oxygen atoms in total. The third-order valence-corrected chi connectivity index (χ3v) is 5.29. The predicted molar refractivity (Wildman–Crippen MR) is 105 cm³/mol. The Morgan fingerprint density at radius 3 is 2.36 bits per heavy atom. The molecule has 2 aromatic carbocycles. The van der Waals surface area contributed by atoms with Gasteiger partial charge in [-0.05, 0) is 48.2 Å². The smallest absolute Gasteiger partial charge is 0.119 e. The highest BCUT2D eigenvalue weighted by atomic mass is 35.5. The Balaban J connectivity index is 1.82. The van der Waals surface area contributed by atoms with Crippen molar-refractivity contribution in [3.8, 4) is 5.75 Å². The van der Waals surface area contributed by atoms with Gasteiger partial charge in [0, 0.05) is 5.02 Å². The summed E-state index contributed by atoms with van der Waals surface area (Å²) in [5, 5.41) is 40.3. The normalized spacial score (nSPS) is 27.6. The van der Waals surface area contributed by atoms with E-state index in [1.807, 2.05) is 37.3 Å². The molecule has 1 heterocycles. The van der Waals surface area contributed by atoms with E-state index in [0.29, 0.717) is 23.6 Å². The number of benzene rings is 2. The molecule has 0 bridgehead atoms. The fraction of sp³-hybridized carbons (Fsp3) is 0.429. The van der Waals surface area contributed by atoms with Crippen molar-refractivity contribution in [3.05, 3.63) is 64.2 Å². The number of hydrogen-bond acceptors (Lipinski definition) is 6. The van der Waals surface area contributed by atoms with E-state index in [0.717, 1.165) is 16.9 Å². The lowest BCUT2D eigenvalue weighted by Gasteiger charge is -2.40. The Bertz CT molecular complexity index is 779. The molecule has 5 atom stereocenters. The minimum absolute atomic E-state index is 0.464. The van der Waals surface area contributed by atoms with Gasteiger partial charge in [-0.2, -0.15) is 0 Å². The van der Waals surface area contributed by atoms with Gasteiger partial charge in [-0.15, -0.1) is 0 Å². The number of halogens is 1. The molecule has 0 spiro atoms. The SMILES string of the molecule is CCOc1ccc(Cc2cc([C@@H]3OC(CO)[C@@H](O)C(O)[C@@H]3O)ccc2Cl)cc1. The molecule has 0 radical (unpaired) electrons. The summed E-state index contributed by atoms with van der Waals surface area (Å²) in [5.41, 5.74) is 2.49. The average Bonchev–Trinajstić information content (AvgIpc) is 2.70. The summed E-state index contributed by atoms with van der Waals surface area (Å²) in [6.07, 6.45) is -5.39. The van der Waals surface area contributed by atoms with Crippen LogP contribution in [0.4, 0.5) is 0 Å². The molecule has 1 fully saturated rings. The van der Waals surface area contributed by atoms with Gasteiger partial charge >= 0.3 is 0 Å². The third kappa shape index (κ3) is 4.49. The quantitative estimate of drug-likeness (QED) is 0.582. The Labute approximate surface area is 168 Å². The van der Waals surface area contributed by atoms with E-state index in [-0.39, 0.29) is 0 Å². The van der Waals surface area contributed by atoms with Gasteiger partial charge in [-0.3, -0.25) is 0 Å². The summed E-state index contributed by atoms with van der Waals surface area (Å²) in [5.74, 6) is 0.799. The summed E-state index contributed by atoms with van der Waals surface area (Å²) in [6, 6.07) is 12.9. The van der Waals surface area contributed by atoms with Gasteiger partial charge < -0.3 is 29.9 Å². The van der Waals surface area contributed by atoms with E-state index in [9.17, 15) is 20.4 Å². The molecule has 152 valence electrons. The zero-order valence-corrected chi connectivity index (χ0v) is 16.3. The first-order valence-corrected chi connectivity index (χ1v) is 9.63. The van der Waals surface area contributed by atoms with Crippen molar-refractivity contribution in [2.45, 2.75) is 43.9 Å². The molecule has 1 saturated heterocycles. The maximum atomic E-state index is 10.3. The number of aliphatic hydroxyl groups excluding tert-OH is 4. The van der Waals surface area contributed by atoms with Crippen LogP contribution < -0.4 is 4.74 Å². The molecule has 7 heteroatoms. The average molecular weight is 409 g/mol. The van der Waals surface area contributed by atoms with Gasteiger partial charge in [0.15, 0.2) is 0 Å². The largest absolute Gasteiger partial charge is 0.494 e. The highest BCUT2D eigenvalue weighted by Gasteiger charge is 2.43. The molecule has 4 N–H and O–H groups in total. The third-order valence-electron chi connectivity index (χ3n) is 4.92. The second-order valence-corrected chi connectivity index (χ2v) is 7.26. The van der Waals surface area contributed by atoms with Crippen LogP contribution in [0.25, 0.3) is 0 Å². The maximum Gasteiger partial charge on any atom is 0.119 e. The van der Waals surface area contributed by atoms with Crippen LogP contribution in [-0.4, -0.2) is 58.1 Å². The van der Waals surface area contributed by atoms with Crippen LogP contribution >= 0.6 is 11.6 Å². The molecule has 1 aliphatic rings. The first-order valence-electron chi connectivity index (χ1n) is 9.25. The highest BCUT2D eigenvalue weighted by molar-refractivity contribution is 6.31. The second-order valence-electron chi connectivity index (χ2n) is 6.85. The lowest BCUT2D eigenvalue weighted by atomic mass is 9.90. The van der Waals surface area contributed by atoms with Gasteiger partial charge in [0.2, 0.25) is 0 Å². The van der Waals surface area contributed by atoms with E-state index in [1.165, 1.54) is 0 Å². The number of rotatable bonds is 6. The lowest BCUT2D eigenvalue weighted by Crippen LogP contribution is -2.55. The standard InChI is InChI=1S/C21H25ClO6/c1-2-27-15-6-3-12(4-7-15)9-14-10-13(5-8-16(14)22)21-20(26)19(25)18(24)17(11-23)28-21/h3-8,10,17-21,23-26H,2,9,11H2,1H3/t17?,18-,19?,20+,21+/m1/s1. The van der Waals surface area contributed by atoms with Crippen molar-refractivity contribution in [1.29, 1.82) is 0 Å². The lowest BCUT2D eigenvalue weighted by molar-refractivity contribution is -0.231. The fourth-order valence-electron chi connectivity index (χ4n) is 3.37. The van der Waals surface area contributed by atoms with Crippen molar-refractivity contribution < 1.29 is 29.9 Å². The van der Waals surface area contributed by atoms with Crippen LogP contribution in [0.2, 0.25) is 5.02 Å². The first kappa shape index (κ1) is 21.0. The van der Waals surface area contributed by atoms with Crippen LogP contribution in [0.15, 0.2) is 42.5 Å². The topological polar surface area (TPSA) is 99.4 Å². The zero-order chi connectivity index (χ0) is 20.3. The first-order chi connectivity index (χ1) is 13.4. The van der Waals surface area contributed by atoms with E-state index in [4.69, 9.17) is 21.1 Å². The molecule has 2 aromatic rings. The fourth-order valence-corrected chi connectivity index (χ4v) is 3.56. The molecule has 0 amide bonds. The Morgan fingerprint density at radius 1 is 1.00 bits per heavy atom. The highest BCUT2D eigenvalue weighted by Crippen LogP contribution is 2.34. The van der Waals surface area contributed by atoms with Gasteiger partial charge in [-0.25, -0.2) is 0 Å². The molecular weight excluding hydrogens is 384 g/mol. The van der Waals surface area contributed by atoms with Crippen molar-refractivity contribution in [2.24, 2.45) is 0 Å². The van der Waals surface area contributed by atoms with Gasteiger partial charge in [-0.1, -0.05) is 35.9 Å². The van der Waals surface area contributed by atoms with Crippen LogP contribution in [0.3, 0.4) is 0 Å². The molecule has 0 aromatic heterocycles. The molecular formula is C21H25ClO6. The molecule has 1 aliphatic heterocycles. The van der Waals surface area contributed by atoms with E-state index in [1.54, 1.807) is 12.1 Å². The summed E-state index contributed by atoms with van der Waals surface area (Å²) in [6.45, 7) is 2.07. The van der Waals surface area contributed by atoms with Crippen LogP contribution in [0, 0.1) is 0 Å². The van der Waals surface area contributed by atoms with Crippen molar-refractivity contribution >= 4 is 11.6 Å². The van der Waals surface area contributed by atoms with E-state index in [2.05, 4.69) is 0 Å². The van der Waals surface area contributed by atoms with Crippen LogP contribution in [-0.2, 0) is 11.2 Å². The minimum atomic E-state index is -1.42. The minimum Gasteiger partial charge on any atom is -0.494 e. The Hall–Kier alpha value is -1.67. The van der Waals surface area contributed by atoms with Crippen molar-refractivity contribution in [3.63, 3.8) is 0 Å². The summed E-state index contributed by atoms with van der Waals surface area (Å²) in [7, 11) is 0. The van der Waals surface area contributed by atoms with E-state index < -0.39 is 37.1 Å². The van der Waals surface area contributed by atoms with Gasteiger partial charge in [0.1, 0.15) is 36.3 Å². The van der Waals surface area contributed by atoms with Gasteiger partial charge in [0.25, 0.3) is 0 Å². The van der Waals surface area contributed by atoms with Crippen molar-refractivity contribution in [1.82, 2.24) is 0 Å². The van der Waals surface area contributed by atoms with Crippen LogP contribution in [0.1, 0.15) is 29.7 Å². The Kier molecular flexibility index (Phi) is 6.93. The molecule has 2 unspecified atom stereocenters. The van der Waals surface area contributed by atoms with Gasteiger partial charge in [0.05, 0.1) is 13.2 Å². The molecule has 28 heavy (non-hydrogen) atoms. The van der Waals surface area contributed by atoms with E-state index >= 15 is 0 Å². The summed E-state index contributed by atoms with van der Waals surface area (Å²) < 4.78 is 11.1. The van der Waals surface area contributed by atoms with Crippen molar-refractivity contribution in [2.75, 3.05) is 13.2 Å². The summed E-state index contributed by atoms with van der Waals surface area (Å²) >= 11 is 6.35. The maximum absolute atomic E-state index is 10.3. The Morgan fingerprint density at radius 2 is 1.71 bits per heavy atom. The zero-order valence-electron chi connectivity index (χ0n) is 15.5. The number of aliphatic hydroxyl groups is 4. The molecule has 0 aliphatic carbocycles. The monoisotopic (exact) mass is 408 g/mol. The molecule has 3 rings (SSSR count). The predicted octanol–water partition coefficient (Wildman–Crippen LogP) is 1.84. The summed E-state index contributed by atoms with van der Waals surface area (Å²) in [4.78, 5) is 0. The molecule has 0 saturated carbocycles. The van der Waals surface area contributed by atoms with Crippen LogP contribution in [0.5, 0.6) is 5.75 Å². The number of hydrogen-bond donors (Lipinski definition) is 4.